The number of nitrogens with zero attached hydrogens (tertiary/aromatic N) is 2. The number of hydrogen-bond acceptors (Lipinski definition) is 4. The van der Waals surface area contributed by atoms with Gasteiger partial charge in [-0.05, 0) is 18.2 Å². The SMILES string of the molecule is CCN(CC)S(=O)(=O)Nc1ccc(F)c(C(=O)c2c[nH]c3ncc(Cl)cc23)c1F. The van der Waals surface area contributed by atoms with Crippen molar-refractivity contribution < 1.29 is 22.0 Å². The number of aromatic nitrogens is 2. The van der Waals surface area contributed by atoms with Crippen molar-refractivity contribution in [3.05, 3.63) is 58.4 Å². The number of pyridine rings is 1. The average Bonchev–Trinajstić information content (AvgIpc) is 3.07. The first-order chi connectivity index (χ1) is 13.7. The van der Waals surface area contributed by atoms with Gasteiger partial charge >= 0.3 is 10.2 Å². The number of carbonyl (C=O) groups is 1. The number of H-pyrrole nitrogens is 1. The first kappa shape index (κ1) is 21.2. The fourth-order valence-electron chi connectivity index (χ4n) is 2.91. The lowest BCUT2D eigenvalue weighted by Gasteiger charge is -2.20. The van der Waals surface area contributed by atoms with Gasteiger partial charge in [-0.3, -0.25) is 9.52 Å². The normalized spacial score (nSPS) is 11.9. The van der Waals surface area contributed by atoms with E-state index in [0.717, 1.165) is 16.4 Å². The highest BCUT2D eigenvalue weighted by molar-refractivity contribution is 7.90. The van der Waals surface area contributed by atoms with Crippen LogP contribution in [0.4, 0.5) is 14.5 Å². The van der Waals surface area contributed by atoms with Gasteiger partial charge in [0.2, 0.25) is 5.78 Å². The summed E-state index contributed by atoms with van der Waals surface area (Å²) in [4.78, 5) is 19.6. The number of hydrogen-bond donors (Lipinski definition) is 2. The summed E-state index contributed by atoms with van der Waals surface area (Å²) in [6, 6.07) is 3.20. The van der Waals surface area contributed by atoms with Gasteiger partial charge in [-0.25, -0.2) is 13.8 Å². The van der Waals surface area contributed by atoms with Crippen LogP contribution in [-0.2, 0) is 10.2 Å². The Hall–Kier alpha value is -2.56. The summed E-state index contributed by atoms with van der Waals surface area (Å²) < 4.78 is 57.2. The fraction of sp³-hybridized carbons (Fsp3) is 0.222. The lowest BCUT2D eigenvalue weighted by molar-refractivity contribution is 0.103. The van der Waals surface area contributed by atoms with Crippen molar-refractivity contribution in [1.82, 2.24) is 14.3 Å². The molecule has 0 saturated heterocycles. The molecule has 1 aromatic carbocycles. The highest BCUT2D eigenvalue weighted by Crippen LogP contribution is 2.28. The van der Waals surface area contributed by atoms with Crippen molar-refractivity contribution >= 4 is 44.3 Å². The molecule has 0 unspecified atom stereocenters. The lowest BCUT2D eigenvalue weighted by atomic mass is 10.0. The summed E-state index contributed by atoms with van der Waals surface area (Å²) in [7, 11) is -4.07. The molecule has 0 amide bonds. The van der Waals surface area contributed by atoms with E-state index in [1.807, 2.05) is 0 Å². The Morgan fingerprint density at radius 3 is 2.62 bits per heavy atom. The molecule has 0 aliphatic heterocycles. The number of rotatable bonds is 7. The molecule has 0 aliphatic carbocycles. The van der Waals surface area contributed by atoms with Crippen LogP contribution < -0.4 is 4.72 Å². The van der Waals surface area contributed by atoms with Gasteiger partial charge in [-0.1, -0.05) is 25.4 Å². The maximum Gasteiger partial charge on any atom is 0.301 e. The molecule has 3 aromatic rings. The molecule has 2 heterocycles. The number of ketones is 1. The molecule has 11 heteroatoms. The van der Waals surface area contributed by atoms with Crippen molar-refractivity contribution in [2.45, 2.75) is 13.8 Å². The molecule has 29 heavy (non-hydrogen) atoms. The van der Waals surface area contributed by atoms with Crippen molar-refractivity contribution in [2.24, 2.45) is 0 Å². The summed E-state index contributed by atoms with van der Waals surface area (Å²) in [6.07, 6.45) is 2.63. The zero-order valence-corrected chi connectivity index (χ0v) is 17.0. The molecule has 0 spiro atoms. The van der Waals surface area contributed by atoms with Crippen LogP contribution in [0.1, 0.15) is 29.8 Å². The average molecular weight is 443 g/mol. The Morgan fingerprint density at radius 2 is 1.97 bits per heavy atom. The molecule has 0 aliphatic rings. The molecule has 0 radical (unpaired) electrons. The molecule has 2 aromatic heterocycles. The van der Waals surface area contributed by atoms with E-state index in [4.69, 9.17) is 11.6 Å². The van der Waals surface area contributed by atoms with Crippen LogP contribution >= 0.6 is 11.6 Å². The minimum absolute atomic E-state index is 0.0449. The van der Waals surface area contributed by atoms with Crippen LogP contribution in [0, 0.1) is 11.6 Å². The third kappa shape index (κ3) is 3.96. The Balaban J connectivity index is 2.07. The second kappa shape index (κ2) is 8.05. The van der Waals surface area contributed by atoms with E-state index < -0.39 is 38.9 Å². The van der Waals surface area contributed by atoms with Crippen molar-refractivity contribution in [1.29, 1.82) is 0 Å². The molecule has 0 fully saturated rings. The maximum atomic E-state index is 15.0. The van der Waals surface area contributed by atoms with E-state index in [2.05, 4.69) is 14.7 Å². The van der Waals surface area contributed by atoms with Crippen molar-refractivity contribution in [2.75, 3.05) is 17.8 Å². The number of nitrogens with one attached hydrogen (secondary N) is 2. The molecular weight excluding hydrogens is 426 g/mol. The summed E-state index contributed by atoms with van der Waals surface area (Å²) in [5.41, 5.74) is -1.14. The molecular formula is C18H17ClF2N4O3S. The first-order valence-electron chi connectivity index (χ1n) is 8.62. The number of carbonyl (C=O) groups excluding carboxylic acids is 1. The highest BCUT2D eigenvalue weighted by atomic mass is 35.5. The van der Waals surface area contributed by atoms with Gasteiger partial charge in [0.05, 0.1) is 16.3 Å². The summed E-state index contributed by atoms with van der Waals surface area (Å²) in [5.74, 6) is -3.41. The topological polar surface area (TPSA) is 95.2 Å². The van der Waals surface area contributed by atoms with E-state index >= 15 is 0 Å². The van der Waals surface area contributed by atoms with Crippen LogP contribution in [-0.4, -0.2) is 41.6 Å². The largest absolute Gasteiger partial charge is 0.345 e. The molecule has 7 nitrogen and oxygen atoms in total. The Kier molecular flexibility index (Phi) is 5.87. The number of halogens is 3. The first-order valence-corrected chi connectivity index (χ1v) is 10.4. The quantitative estimate of drug-likeness (QED) is 0.545. The lowest BCUT2D eigenvalue weighted by Crippen LogP contribution is -2.35. The van der Waals surface area contributed by atoms with Gasteiger partial charge in [-0.15, -0.1) is 0 Å². The maximum absolute atomic E-state index is 15.0. The zero-order chi connectivity index (χ0) is 21.3. The summed E-state index contributed by atoms with van der Waals surface area (Å²) in [5, 5.41) is 0.531. The summed E-state index contributed by atoms with van der Waals surface area (Å²) >= 11 is 5.90. The number of benzene rings is 1. The number of anilines is 1. The van der Waals surface area contributed by atoms with Crippen LogP contribution in [0.25, 0.3) is 11.0 Å². The van der Waals surface area contributed by atoms with Gasteiger partial charge < -0.3 is 4.98 Å². The second-order valence-corrected chi connectivity index (χ2v) is 8.16. The highest BCUT2D eigenvalue weighted by Gasteiger charge is 2.27. The predicted molar refractivity (Wildman–Crippen MR) is 106 cm³/mol. The van der Waals surface area contributed by atoms with Gasteiger partial charge in [0.25, 0.3) is 0 Å². The van der Waals surface area contributed by atoms with E-state index in [-0.39, 0.29) is 29.1 Å². The monoisotopic (exact) mass is 442 g/mol. The van der Waals surface area contributed by atoms with Crippen LogP contribution in [0.3, 0.4) is 0 Å². The summed E-state index contributed by atoms with van der Waals surface area (Å²) in [6.45, 7) is 3.55. The third-order valence-corrected chi connectivity index (χ3v) is 6.23. The van der Waals surface area contributed by atoms with E-state index in [1.54, 1.807) is 13.8 Å². The van der Waals surface area contributed by atoms with Crippen LogP contribution in [0.2, 0.25) is 5.02 Å². The molecule has 0 saturated carbocycles. The van der Waals surface area contributed by atoms with E-state index in [9.17, 15) is 22.0 Å². The van der Waals surface area contributed by atoms with E-state index in [0.29, 0.717) is 5.65 Å². The minimum atomic E-state index is -4.07. The Morgan fingerprint density at radius 1 is 1.28 bits per heavy atom. The van der Waals surface area contributed by atoms with Crippen LogP contribution in [0.15, 0.2) is 30.6 Å². The molecule has 0 bridgehead atoms. The van der Waals surface area contributed by atoms with Crippen molar-refractivity contribution in [3.63, 3.8) is 0 Å². The van der Waals surface area contributed by atoms with Crippen molar-refractivity contribution in [3.8, 4) is 0 Å². The Bertz CT molecular complexity index is 1190. The smallest absolute Gasteiger partial charge is 0.301 e. The number of aromatic amines is 1. The van der Waals surface area contributed by atoms with Gasteiger partial charge in [0.1, 0.15) is 11.5 Å². The number of fused-ring (bicyclic) bond motifs is 1. The van der Waals surface area contributed by atoms with Gasteiger partial charge in [0.15, 0.2) is 5.82 Å². The van der Waals surface area contributed by atoms with E-state index in [1.165, 1.54) is 18.5 Å². The third-order valence-electron chi connectivity index (χ3n) is 4.34. The second-order valence-electron chi connectivity index (χ2n) is 6.06. The standard InChI is InChI=1S/C18H17ClF2N4O3S/c1-3-25(4-2)29(27,28)24-14-6-5-13(20)15(16(14)21)17(26)12-9-23-18-11(12)7-10(19)8-22-18/h5-9,24H,3-4H2,1-2H3,(H,22,23). The fourth-order valence-corrected chi connectivity index (χ4v) is 4.31. The molecule has 0 atom stereocenters. The van der Waals surface area contributed by atoms with Gasteiger partial charge in [-0.2, -0.15) is 12.7 Å². The predicted octanol–water partition coefficient (Wildman–Crippen LogP) is 3.72. The molecule has 3 rings (SSSR count). The van der Waals surface area contributed by atoms with Gasteiger partial charge in [0, 0.05) is 36.4 Å². The minimum Gasteiger partial charge on any atom is -0.345 e. The molecule has 2 N–H and O–H groups in total. The zero-order valence-electron chi connectivity index (χ0n) is 15.5. The van der Waals surface area contributed by atoms with Crippen LogP contribution in [0.5, 0.6) is 0 Å². The Labute approximate surface area is 170 Å². The molecule has 154 valence electrons.